The average molecular weight is 405 g/mol. The van der Waals surface area contributed by atoms with E-state index in [1.54, 1.807) is 27.7 Å². The molecule has 9 nitrogen and oxygen atoms in total. The molecule has 0 saturated carbocycles. The standard InChI is InChI=1S/C21H19N5O4/c27-20(16-12-13-4-3-7-18(26(29)30)19(13)22-16)24-10-8-14(9-11-24)25-17-6-2-1-5-15(17)23-21(25)28/h1-7,12,14,22H,8-11H2,(H,23,28). The van der Waals surface area contributed by atoms with Crippen LogP contribution in [-0.4, -0.2) is 43.4 Å². The zero-order valence-electron chi connectivity index (χ0n) is 16.0. The van der Waals surface area contributed by atoms with Crippen LogP contribution in [0.2, 0.25) is 0 Å². The van der Waals surface area contributed by atoms with E-state index in [1.807, 2.05) is 24.3 Å². The van der Waals surface area contributed by atoms with Gasteiger partial charge < -0.3 is 14.9 Å². The van der Waals surface area contributed by atoms with Crippen LogP contribution in [0, 0.1) is 10.1 Å². The number of amides is 1. The second kappa shape index (κ2) is 6.87. The predicted molar refractivity (Wildman–Crippen MR) is 112 cm³/mol. The number of benzene rings is 2. The number of nitrogens with zero attached hydrogens (tertiary/aromatic N) is 3. The van der Waals surface area contributed by atoms with Crippen LogP contribution < -0.4 is 5.69 Å². The maximum absolute atomic E-state index is 13.0. The second-order valence-corrected chi connectivity index (χ2v) is 7.52. The summed E-state index contributed by atoms with van der Waals surface area (Å²) in [5.41, 5.74) is 2.18. The normalized spacial score (nSPS) is 15.1. The number of piperidine rings is 1. The Bertz CT molecular complexity index is 1340. The third-order valence-electron chi connectivity index (χ3n) is 5.80. The van der Waals surface area contributed by atoms with E-state index in [2.05, 4.69) is 9.97 Å². The molecule has 0 aliphatic carbocycles. The molecule has 152 valence electrons. The summed E-state index contributed by atoms with van der Waals surface area (Å²) in [5, 5.41) is 11.9. The summed E-state index contributed by atoms with van der Waals surface area (Å²) in [5.74, 6) is -0.190. The van der Waals surface area contributed by atoms with Crippen LogP contribution in [0.5, 0.6) is 0 Å². The molecule has 1 saturated heterocycles. The molecule has 4 aromatic rings. The number of hydrogen-bond donors (Lipinski definition) is 2. The SMILES string of the molecule is O=C(c1cc2cccc([N+](=O)[O-])c2[nH]1)N1CCC(n2c(=O)[nH]c3ccccc32)CC1. The van der Waals surface area contributed by atoms with Gasteiger partial charge in [0.2, 0.25) is 0 Å². The highest BCUT2D eigenvalue weighted by molar-refractivity contribution is 6.00. The average Bonchev–Trinajstić information content (AvgIpc) is 3.33. The lowest BCUT2D eigenvalue weighted by Crippen LogP contribution is -2.40. The van der Waals surface area contributed by atoms with Gasteiger partial charge in [0.05, 0.1) is 16.0 Å². The molecule has 0 radical (unpaired) electrons. The van der Waals surface area contributed by atoms with Crippen molar-refractivity contribution in [2.75, 3.05) is 13.1 Å². The van der Waals surface area contributed by atoms with Gasteiger partial charge in [-0.2, -0.15) is 0 Å². The Balaban J connectivity index is 1.37. The van der Waals surface area contributed by atoms with Crippen molar-refractivity contribution < 1.29 is 9.72 Å². The molecule has 0 unspecified atom stereocenters. The van der Waals surface area contributed by atoms with E-state index in [4.69, 9.17) is 0 Å². The molecule has 30 heavy (non-hydrogen) atoms. The fraction of sp³-hybridized carbons (Fsp3) is 0.238. The van der Waals surface area contributed by atoms with Gasteiger partial charge in [-0.15, -0.1) is 0 Å². The lowest BCUT2D eigenvalue weighted by molar-refractivity contribution is -0.383. The highest BCUT2D eigenvalue weighted by atomic mass is 16.6. The summed E-state index contributed by atoms with van der Waals surface area (Å²) in [6.45, 7) is 1.01. The highest BCUT2D eigenvalue weighted by Gasteiger charge is 2.28. The number of aromatic nitrogens is 3. The number of carbonyl (C=O) groups excluding carboxylic acids is 1. The summed E-state index contributed by atoms with van der Waals surface area (Å²) in [7, 11) is 0. The molecule has 1 fully saturated rings. The van der Waals surface area contributed by atoms with Crippen molar-refractivity contribution in [3.8, 4) is 0 Å². The van der Waals surface area contributed by atoms with Crippen molar-refractivity contribution >= 4 is 33.5 Å². The number of imidazole rings is 1. The molecule has 1 aliphatic heterocycles. The molecule has 3 heterocycles. The highest BCUT2D eigenvalue weighted by Crippen LogP contribution is 2.28. The number of nitrogens with one attached hydrogen (secondary N) is 2. The number of para-hydroxylation sites is 3. The molecular weight excluding hydrogens is 386 g/mol. The number of H-pyrrole nitrogens is 2. The van der Waals surface area contributed by atoms with Crippen LogP contribution >= 0.6 is 0 Å². The fourth-order valence-electron chi connectivity index (χ4n) is 4.34. The van der Waals surface area contributed by atoms with Gasteiger partial charge in [-0.25, -0.2) is 4.79 Å². The molecule has 1 amide bonds. The number of carbonyl (C=O) groups is 1. The van der Waals surface area contributed by atoms with Crippen molar-refractivity contribution in [2.24, 2.45) is 0 Å². The molecule has 2 aromatic heterocycles. The number of fused-ring (bicyclic) bond motifs is 2. The molecule has 0 spiro atoms. The monoisotopic (exact) mass is 405 g/mol. The Morgan fingerprint density at radius 1 is 1.07 bits per heavy atom. The minimum Gasteiger partial charge on any atom is -0.345 e. The molecule has 2 aromatic carbocycles. The first-order valence-corrected chi connectivity index (χ1v) is 9.77. The first-order valence-electron chi connectivity index (χ1n) is 9.77. The van der Waals surface area contributed by atoms with E-state index < -0.39 is 4.92 Å². The van der Waals surface area contributed by atoms with E-state index in [9.17, 15) is 19.7 Å². The maximum Gasteiger partial charge on any atom is 0.326 e. The molecule has 0 atom stereocenters. The number of non-ortho nitro benzene ring substituents is 1. The lowest BCUT2D eigenvalue weighted by Gasteiger charge is -2.32. The molecule has 0 bridgehead atoms. The van der Waals surface area contributed by atoms with E-state index in [-0.39, 0.29) is 23.3 Å². The Morgan fingerprint density at radius 2 is 1.83 bits per heavy atom. The lowest BCUT2D eigenvalue weighted by atomic mass is 10.0. The second-order valence-electron chi connectivity index (χ2n) is 7.52. The van der Waals surface area contributed by atoms with Crippen molar-refractivity contribution in [2.45, 2.75) is 18.9 Å². The van der Waals surface area contributed by atoms with Crippen molar-refractivity contribution in [3.05, 3.63) is 74.8 Å². The van der Waals surface area contributed by atoms with E-state index in [0.29, 0.717) is 42.5 Å². The number of nitro benzene ring substituents is 1. The quantitative estimate of drug-likeness (QED) is 0.402. The smallest absolute Gasteiger partial charge is 0.326 e. The van der Waals surface area contributed by atoms with Gasteiger partial charge >= 0.3 is 5.69 Å². The maximum atomic E-state index is 13.0. The van der Waals surface area contributed by atoms with Crippen molar-refractivity contribution in [3.63, 3.8) is 0 Å². The Morgan fingerprint density at radius 3 is 2.60 bits per heavy atom. The Labute approximate surface area is 170 Å². The number of hydrogen-bond acceptors (Lipinski definition) is 4. The summed E-state index contributed by atoms with van der Waals surface area (Å²) >= 11 is 0. The van der Waals surface area contributed by atoms with Crippen LogP contribution in [0.15, 0.2) is 53.3 Å². The van der Waals surface area contributed by atoms with Gasteiger partial charge in [-0.05, 0) is 31.0 Å². The van der Waals surface area contributed by atoms with Crippen LogP contribution in [-0.2, 0) is 0 Å². The van der Waals surface area contributed by atoms with E-state index >= 15 is 0 Å². The van der Waals surface area contributed by atoms with Crippen LogP contribution in [0.4, 0.5) is 5.69 Å². The molecule has 5 rings (SSSR count). The van der Waals surface area contributed by atoms with Gasteiger partial charge in [0, 0.05) is 30.6 Å². The molecular formula is C21H19N5O4. The summed E-state index contributed by atoms with van der Waals surface area (Å²) in [6, 6.07) is 14.0. The van der Waals surface area contributed by atoms with Crippen molar-refractivity contribution in [1.82, 2.24) is 19.4 Å². The van der Waals surface area contributed by atoms with Crippen LogP contribution in [0.3, 0.4) is 0 Å². The zero-order valence-corrected chi connectivity index (χ0v) is 16.0. The number of rotatable bonds is 3. The minimum atomic E-state index is -0.461. The minimum absolute atomic E-state index is 0.0153. The third kappa shape index (κ3) is 2.86. The van der Waals surface area contributed by atoms with Crippen LogP contribution in [0.25, 0.3) is 21.9 Å². The Kier molecular flexibility index (Phi) is 4.16. The first kappa shape index (κ1) is 18.2. The number of nitro groups is 1. The largest absolute Gasteiger partial charge is 0.345 e. The molecule has 2 N–H and O–H groups in total. The zero-order chi connectivity index (χ0) is 20.8. The fourth-order valence-corrected chi connectivity index (χ4v) is 4.34. The Hall–Kier alpha value is -3.88. The van der Waals surface area contributed by atoms with E-state index in [1.165, 1.54) is 6.07 Å². The number of aromatic amines is 2. The summed E-state index contributed by atoms with van der Waals surface area (Å²) < 4.78 is 1.78. The van der Waals surface area contributed by atoms with Gasteiger partial charge in [-0.1, -0.05) is 24.3 Å². The summed E-state index contributed by atoms with van der Waals surface area (Å²) in [4.78, 5) is 43.7. The first-order chi connectivity index (χ1) is 14.5. The van der Waals surface area contributed by atoms with Gasteiger partial charge in [0.1, 0.15) is 11.2 Å². The van der Waals surface area contributed by atoms with Crippen molar-refractivity contribution in [1.29, 1.82) is 0 Å². The van der Waals surface area contributed by atoms with Gasteiger partial charge in [0.25, 0.3) is 11.6 Å². The van der Waals surface area contributed by atoms with Gasteiger partial charge in [0.15, 0.2) is 0 Å². The number of likely N-dealkylation sites (tertiary alicyclic amines) is 1. The van der Waals surface area contributed by atoms with E-state index in [0.717, 1.165) is 11.0 Å². The molecule has 9 heteroatoms. The predicted octanol–water partition coefficient (Wildman–Crippen LogP) is 3.20. The topological polar surface area (TPSA) is 117 Å². The molecule has 1 aliphatic rings. The third-order valence-corrected chi connectivity index (χ3v) is 5.80. The van der Waals surface area contributed by atoms with Gasteiger partial charge in [-0.3, -0.25) is 19.5 Å². The van der Waals surface area contributed by atoms with Crippen LogP contribution in [0.1, 0.15) is 29.4 Å². The summed E-state index contributed by atoms with van der Waals surface area (Å²) in [6.07, 6.45) is 1.32.